The molecule has 0 saturated carbocycles. The lowest BCUT2D eigenvalue weighted by atomic mass is 10.1. The summed E-state index contributed by atoms with van der Waals surface area (Å²) < 4.78 is 11.1. The molecule has 0 bridgehead atoms. The van der Waals surface area contributed by atoms with Gasteiger partial charge >= 0.3 is 0 Å². The number of benzene rings is 2. The monoisotopic (exact) mass is 538 g/mol. The molecule has 0 atom stereocenters. The Morgan fingerprint density at radius 3 is 2.62 bits per heavy atom. The molecule has 0 spiro atoms. The second-order valence-electron chi connectivity index (χ2n) is 7.41. The highest BCUT2D eigenvalue weighted by molar-refractivity contribution is 8.26. The summed E-state index contributed by atoms with van der Waals surface area (Å²) in [6.45, 7) is 0.510. The van der Waals surface area contributed by atoms with Gasteiger partial charge in [-0.25, -0.2) is 0 Å². The van der Waals surface area contributed by atoms with E-state index < -0.39 is 0 Å². The van der Waals surface area contributed by atoms with Gasteiger partial charge in [0.25, 0.3) is 5.91 Å². The lowest BCUT2D eigenvalue weighted by Crippen LogP contribution is -2.29. The van der Waals surface area contributed by atoms with Crippen LogP contribution in [0.4, 0.5) is 5.69 Å². The lowest BCUT2D eigenvalue weighted by molar-refractivity contribution is -0.122. The van der Waals surface area contributed by atoms with Crippen LogP contribution in [0, 0.1) is 0 Å². The molecule has 1 heterocycles. The van der Waals surface area contributed by atoms with Crippen molar-refractivity contribution in [3.63, 3.8) is 0 Å². The summed E-state index contributed by atoms with van der Waals surface area (Å²) in [6, 6.07) is 10.6. The normalized spacial score (nSPS) is 14.6. The second-order valence-corrected chi connectivity index (χ2v) is 9.87. The summed E-state index contributed by atoms with van der Waals surface area (Å²) in [6.07, 6.45) is 4.34. The Balaban J connectivity index is 1.47. The molecule has 0 unspecified atom stereocenters. The number of carbonyl (C=O) groups excluding carboxylic acids is 2. The maximum absolute atomic E-state index is 12.8. The van der Waals surface area contributed by atoms with E-state index in [-0.39, 0.29) is 11.8 Å². The van der Waals surface area contributed by atoms with E-state index in [1.807, 2.05) is 12.1 Å². The molecule has 1 fully saturated rings. The van der Waals surface area contributed by atoms with Crippen LogP contribution in [0.1, 0.15) is 31.2 Å². The number of unbranched alkanes of at least 4 members (excludes halogenated alkanes) is 2. The van der Waals surface area contributed by atoms with Crippen LogP contribution in [0.15, 0.2) is 41.3 Å². The van der Waals surface area contributed by atoms with Crippen LogP contribution in [-0.4, -0.2) is 41.8 Å². The molecular formula is C24H24Cl2N2O4S2. The van der Waals surface area contributed by atoms with Crippen molar-refractivity contribution in [2.24, 2.45) is 0 Å². The average Bonchev–Trinajstić information content (AvgIpc) is 3.08. The Kier molecular flexibility index (Phi) is 9.64. The molecule has 3 rings (SSSR count). The highest BCUT2D eigenvalue weighted by atomic mass is 35.5. The first kappa shape index (κ1) is 26.3. The van der Waals surface area contributed by atoms with Gasteiger partial charge in [-0.05, 0) is 48.7 Å². The third-order valence-electron chi connectivity index (χ3n) is 5.09. The van der Waals surface area contributed by atoms with Gasteiger partial charge in [-0.1, -0.05) is 65.7 Å². The van der Waals surface area contributed by atoms with Crippen molar-refractivity contribution in [2.75, 3.05) is 26.1 Å². The molecule has 2 aromatic carbocycles. The smallest absolute Gasteiger partial charge is 0.266 e. The zero-order valence-electron chi connectivity index (χ0n) is 18.7. The van der Waals surface area contributed by atoms with E-state index in [4.69, 9.17) is 44.9 Å². The number of nitrogens with zero attached hydrogens (tertiary/aromatic N) is 1. The predicted molar refractivity (Wildman–Crippen MR) is 143 cm³/mol. The highest BCUT2D eigenvalue weighted by Crippen LogP contribution is 2.35. The number of hydrogen-bond acceptors (Lipinski definition) is 6. The number of halogens is 2. The molecule has 0 aliphatic carbocycles. The highest BCUT2D eigenvalue weighted by Gasteiger charge is 2.31. The van der Waals surface area contributed by atoms with Crippen LogP contribution in [0.2, 0.25) is 10.0 Å². The number of anilines is 1. The third-order valence-corrected chi connectivity index (χ3v) is 7.29. The molecule has 34 heavy (non-hydrogen) atoms. The number of hydrogen-bond donors (Lipinski definition) is 1. The minimum absolute atomic E-state index is 0.113. The largest absolute Gasteiger partial charge is 0.493 e. The van der Waals surface area contributed by atoms with Crippen LogP contribution < -0.4 is 14.8 Å². The number of rotatable bonds is 10. The third kappa shape index (κ3) is 6.66. The zero-order valence-corrected chi connectivity index (χ0v) is 21.9. The van der Waals surface area contributed by atoms with Gasteiger partial charge < -0.3 is 14.8 Å². The molecule has 2 aromatic rings. The first-order valence-corrected chi connectivity index (χ1v) is 12.5. The molecule has 1 saturated heterocycles. The maximum atomic E-state index is 12.8. The van der Waals surface area contributed by atoms with Crippen LogP contribution in [0.5, 0.6) is 11.5 Å². The first-order chi connectivity index (χ1) is 16.3. The number of thiocarbonyl (C=S) groups is 1. The van der Waals surface area contributed by atoms with E-state index in [0.29, 0.717) is 55.8 Å². The predicted octanol–water partition coefficient (Wildman–Crippen LogP) is 6.41. The zero-order chi connectivity index (χ0) is 24.7. The molecule has 10 heteroatoms. The van der Waals surface area contributed by atoms with Gasteiger partial charge in [0.05, 0.1) is 34.9 Å². The Labute approximate surface area is 218 Å². The number of methoxy groups -OCH3 is 2. The summed E-state index contributed by atoms with van der Waals surface area (Å²) in [7, 11) is 3.14. The van der Waals surface area contributed by atoms with Gasteiger partial charge in [-0.3, -0.25) is 14.5 Å². The minimum Gasteiger partial charge on any atom is -0.493 e. The van der Waals surface area contributed by atoms with Gasteiger partial charge in [-0.2, -0.15) is 0 Å². The minimum atomic E-state index is -0.132. The van der Waals surface area contributed by atoms with E-state index in [9.17, 15) is 9.59 Å². The second kappa shape index (κ2) is 12.4. The van der Waals surface area contributed by atoms with Crippen molar-refractivity contribution >= 4 is 75.1 Å². The Bertz CT molecular complexity index is 1120. The standard InChI is InChI=1S/C24H24Cl2N2O4S2/c1-31-18-11-10-15(13-19(18)32-2)14-20-23(30)28(24(33)34-20)12-5-3-4-9-21(29)27-17-8-6-7-16(25)22(17)26/h6-8,10-11,13-14H,3-5,9,12H2,1-2H3,(H,27,29). The number of thioether (sulfide) groups is 1. The summed E-state index contributed by atoms with van der Waals surface area (Å²) in [4.78, 5) is 27.2. The van der Waals surface area contributed by atoms with Gasteiger partial charge in [0.2, 0.25) is 5.91 Å². The molecule has 1 aliphatic heterocycles. The lowest BCUT2D eigenvalue weighted by Gasteiger charge is -2.14. The van der Waals surface area contributed by atoms with Crippen molar-refractivity contribution in [3.8, 4) is 11.5 Å². The summed E-state index contributed by atoms with van der Waals surface area (Å²) >= 11 is 18.8. The fourth-order valence-electron chi connectivity index (χ4n) is 3.33. The molecule has 1 N–H and O–H groups in total. The van der Waals surface area contributed by atoms with E-state index in [2.05, 4.69) is 5.32 Å². The summed E-state index contributed by atoms with van der Waals surface area (Å²) in [5.74, 6) is 0.968. The summed E-state index contributed by atoms with van der Waals surface area (Å²) in [5.41, 5.74) is 1.32. The van der Waals surface area contributed by atoms with E-state index in [1.165, 1.54) is 11.8 Å². The number of nitrogens with one attached hydrogen (secondary N) is 1. The van der Waals surface area contributed by atoms with Gasteiger partial charge in [0, 0.05) is 13.0 Å². The number of amides is 2. The Morgan fingerprint density at radius 1 is 1.12 bits per heavy atom. The van der Waals surface area contributed by atoms with Gasteiger partial charge in [-0.15, -0.1) is 0 Å². The topological polar surface area (TPSA) is 67.9 Å². The number of ether oxygens (including phenoxy) is 2. The number of carbonyl (C=O) groups is 2. The molecule has 1 aliphatic rings. The maximum Gasteiger partial charge on any atom is 0.266 e. The fourth-order valence-corrected chi connectivity index (χ4v) is 4.99. The quantitative estimate of drug-likeness (QED) is 0.214. The van der Waals surface area contributed by atoms with Crippen molar-refractivity contribution in [2.45, 2.75) is 25.7 Å². The fraction of sp³-hybridized carbons (Fsp3) is 0.292. The van der Waals surface area contributed by atoms with Gasteiger partial charge in [0.15, 0.2) is 11.5 Å². The van der Waals surface area contributed by atoms with Gasteiger partial charge in [0.1, 0.15) is 4.32 Å². The van der Waals surface area contributed by atoms with Crippen molar-refractivity contribution in [3.05, 3.63) is 56.9 Å². The first-order valence-electron chi connectivity index (χ1n) is 10.5. The van der Waals surface area contributed by atoms with E-state index >= 15 is 0 Å². The van der Waals surface area contributed by atoms with E-state index in [1.54, 1.807) is 49.5 Å². The molecular weight excluding hydrogens is 515 g/mol. The van der Waals surface area contributed by atoms with Crippen LogP contribution in [0.25, 0.3) is 6.08 Å². The molecule has 0 radical (unpaired) electrons. The molecule has 180 valence electrons. The molecule has 6 nitrogen and oxygen atoms in total. The van der Waals surface area contributed by atoms with Crippen LogP contribution in [0.3, 0.4) is 0 Å². The Hall–Kier alpha value is -2.26. The van der Waals surface area contributed by atoms with Crippen molar-refractivity contribution in [1.29, 1.82) is 0 Å². The summed E-state index contributed by atoms with van der Waals surface area (Å²) in [5, 5.41) is 3.49. The van der Waals surface area contributed by atoms with Crippen molar-refractivity contribution in [1.82, 2.24) is 4.90 Å². The van der Waals surface area contributed by atoms with Crippen molar-refractivity contribution < 1.29 is 19.1 Å². The average molecular weight is 540 g/mol. The van der Waals surface area contributed by atoms with E-state index in [0.717, 1.165) is 18.4 Å². The van der Waals surface area contributed by atoms with Crippen LogP contribution in [-0.2, 0) is 9.59 Å². The SMILES string of the molecule is COc1ccc(C=C2SC(=S)N(CCCCCC(=O)Nc3cccc(Cl)c3Cl)C2=O)cc1OC. The Morgan fingerprint density at radius 2 is 1.88 bits per heavy atom. The molecule has 0 aromatic heterocycles. The molecule has 2 amide bonds. The van der Waals surface area contributed by atoms with Crippen LogP contribution >= 0.6 is 47.2 Å².